The van der Waals surface area contributed by atoms with E-state index in [1.165, 1.54) is 21.2 Å². The fraction of sp³-hybridized carbons (Fsp3) is 0.333. The summed E-state index contributed by atoms with van der Waals surface area (Å²) in [5, 5.41) is 10.2. The summed E-state index contributed by atoms with van der Waals surface area (Å²) in [6.45, 7) is 5.23. The van der Waals surface area contributed by atoms with E-state index in [9.17, 15) is 14.9 Å². The third-order valence-corrected chi connectivity index (χ3v) is 7.95. The maximum Gasteiger partial charge on any atom is 0.270 e. The first-order chi connectivity index (χ1) is 16.2. The average molecular weight is 514 g/mol. The molecule has 1 aromatic carbocycles. The van der Waals surface area contributed by atoms with Gasteiger partial charge >= 0.3 is 0 Å². The van der Waals surface area contributed by atoms with Crippen molar-refractivity contribution in [2.75, 3.05) is 38.1 Å². The van der Waals surface area contributed by atoms with Crippen LogP contribution in [-0.2, 0) is 18.4 Å². The molecule has 0 unspecified atom stereocenters. The normalized spacial score (nSPS) is 18.1. The van der Waals surface area contributed by atoms with Crippen molar-refractivity contribution < 1.29 is 4.79 Å². The number of halogens is 1. The Kier molecular flexibility index (Phi) is 7.14. The maximum atomic E-state index is 13.3. The van der Waals surface area contributed by atoms with Crippen LogP contribution in [0.3, 0.4) is 0 Å². The van der Waals surface area contributed by atoms with Crippen molar-refractivity contribution in [3.05, 3.63) is 66.8 Å². The number of pyridine rings is 1. The molecule has 1 aromatic heterocycles. The quantitative estimate of drug-likeness (QED) is 0.458. The van der Waals surface area contributed by atoms with E-state index in [1.807, 2.05) is 24.3 Å². The Morgan fingerprint density at radius 3 is 2.50 bits per heavy atom. The molecule has 2 aliphatic rings. The van der Waals surface area contributed by atoms with Crippen molar-refractivity contribution in [2.45, 2.75) is 13.5 Å². The third-order valence-electron chi connectivity index (χ3n) is 6.21. The molecule has 10 heteroatoms. The zero-order valence-electron chi connectivity index (χ0n) is 19.2. The van der Waals surface area contributed by atoms with Crippen LogP contribution in [0.5, 0.6) is 0 Å². The highest BCUT2D eigenvalue weighted by molar-refractivity contribution is 8.26. The molecule has 0 atom stereocenters. The molecule has 1 amide bonds. The number of carbonyl (C=O) groups is 1. The first-order valence-electron chi connectivity index (χ1n) is 10.8. The van der Waals surface area contributed by atoms with E-state index in [4.69, 9.17) is 23.8 Å². The highest BCUT2D eigenvalue weighted by Gasteiger charge is 2.33. The molecule has 0 spiro atoms. The van der Waals surface area contributed by atoms with Crippen LogP contribution in [0.1, 0.15) is 22.3 Å². The van der Waals surface area contributed by atoms with Crippen molar-refractivity contribution in [3.63, 3.8) is 0 Å². The second kappa shape index (κ2) is 9.92. The zero-order chi connectivity index (χ0) is 24.6. The number of amides is 1. The predicted molar refractivity (Wildman–Crippen MR) is 141 cm³/mol. The molecule has 0 N–H and O–H groups in total. The lowest BCUT2D eigenvalue weighted by Crippen LogP contribution is -2.46. The number of benzene rings is 1. The number of rotatable bonds is 4. The molecule has 176 valence electrons. The number of aromatic nitrogens is 1. The predicted octanol–water partition coefficient (Wildman–Crippen LogP) is 3.37. The lowest BCUT2D eigenvalue weighted by molar-refractivity contribution is -0.122. The van der Waals surface area contributed by atoms with Gasteiger partial charge in [0.15, 0.2) is 0 Å². The number of nitrogens with zero attached hydrogens (tertiary/aromatic N) is 5. The lowest BCUT2D eigenvalue weighted by Gasteiger charge is -2.36. The second-order valence-electron chi connectivity index (χ2n) is 8.36. The van der Waals surface area contributed by atoms with Crippen LogP contribution in [0, 0.1) is 18.3 Å². The van der Waals surface area contributed by atoms with Crippen LogP contribution in [0.4, 0.5) is 5.82 Å². The molecule has 2 aromatic rings. The molecule has 0 saturated carbocycles. The van der Waals surface area contributed by atoms with Crippen molar-refractivity contribution in [2.24, 2.45) is 7.05 Å². The Hall–Kier alpha value is -2.64. The summed E-state index contributed by atoms with van der Waals surface area (Å²) in [5.74, 6) is 0.497. The summed E-state index contributed by atoms with van der Waals surface area (Å²) in [4.78, 5) is 32.6. The van der Waals surface area contributed by atoms with E-state index >= 15 is 0 Å². The largest absolute Gasteiger partial charge is 0.355 e. The van der Waals surface area contributed by atoms with E-state index in [2.05, 4.69) is 16.8 Å². The molecule has 0 bridgehead atoms. The van der Waals surface area contributed by atoms with Crippen LogP contribution in [0.15, 0.2) is 34.0 Å². The molecular formula is C24H24ClN5O2S2. The van der Waals surface area contributed by atoms with Gasteiger partial charge in [0.2, 0.25) is 0 Å². The number of thiocarbonyl (C=S) groups is 1. The first kappa shape index (κ1) is 24.5. The number of nitriles is 1. The van der Waals surface area contributed by atoms with E-state index in [-0.39, 0.29) is 23.6 Å². The Morgan fingerprint density at radius 2 is 1.85 bits per heavy atom. The molecule has 2 aliphatic heterocycles. The minimum absolute atomic E-state index is 0.0816. The molecule has 34 heavy (non-hydrogen) atoms. The molecule has 3 heterocycles. The minimum atomic E-state index is -0.336. The van der Waals surface area contributed by atoms with Crippen LogP contribution in [0.25, 0.3) is 6.08 Å². The standard InChI is InChI=1S/C24H24ClN5O2S2/c1-15-17(21(28(3)22(31)18(15)13-26)29-10-8-27(2)9-11-29)12-20-23(32)30(24(33)34-20)14-16-6-4-5-7-19(16)25/h4-7,12H,8-11,14H2,1-3H3/b20-12-. The molecular weight excluding hydrogens is 490 g/mol. The van der Waals surface area contributed by atoms with Gasteiger partial charge in [0, 0.05) is 43.8 Å². The van der Waals surface area contributed by atoms with E-state index in [1.54, 1.807) is 26.1 Å². The molecule has 4 rings (SSSR count). The lowest BCUT2D eigenvalue weighted by atomic mass is 10.0. The fourth-order valence-electron chi connectivity index (χ4n) is 4.18. The Labute approximate surface area is 213 Å². The van der Waals surface area contributed by atoms with Gasteiger partial charge in [-0.2, -0.15) is 5.26 Å². The summed E-state index contributed by atoms with van der Waals surface area (Å²) >= 11 is 13.0. The van der Waals surface area contributed by atoms with Gasteiger partial charge in [0.25, 0.3) is 11.5 Å². The highest BCUT2D eigenvalue weighted by Crippen LogP contribution is 2.37. The molecule has 2 fully saturated rings. The SMILES string of the molecule is Cc1c(/C=C2\SC(=S)N(Cc3ccccc3Cl)C2=O)c(N2CCN(C)CC2)n(C)c(=O)c1C#N. The second-order valence-corrected chi connectivity index (χ2v) is 10.4. The monoisotopic (exact) mass is 513 g/mol. The van der Waals surface area contributed by atoms with E-state index in [0.717, 1.165) is 31.7 Å². The van der Waals surface area contributed by atoms with E-state index in [0.29, 0.717) is 31.2 Å². The van der Waals surface area contributed by atoms with Gasteiger partial charge in [0.1, 0.15) is 21.8 Å². The number of anilines is 1. The number of hydrogen-bond donors (Lipinski definition) is 0. The van der Waals surface area contributed by atoms with Crippen LogP contribution in [-0.4, -0.2) is 57.8 Å². The number of carbonyl (C=O) groups excluding carboxylic acids is 1. The molecule has 2 saturated heterocycles. The van der Waals surface area contributed by atoms with Crippen LogP contribution >= 0.6 is 35.6 Å². The molecule has 0 aliphatic carbocycles. The summed E-state index contributed by atoms with van der Waals surface area (Å²) in [6, 6.07) is 9.40. The van der Waals surface area contributed by atoms with E-state index < -0.39 is 0 Å². The summed E-state index contributed by atoms with van der Waals surface area (Å²) < 4.78 is 1.97. The first-order valence-corrected chi connectivity index (χ1v) is 12.4. The average Bonchev–Trinajstić information content (AvgIpc) is 3.07. The Bertz CT molecular complexity index is 1310. The molecule has 0 radical (unpaired) electrons. The van der Waals surface area contributed by atoms with Crippen molar-refractivity contribution >= 4 is 57.7 Å². The van der Waals surface area contributed by atoms with Gasteiger partial charge in [0.05, 0.1) is 11.4 Å². The van der Waals surface area contributed by atoms with Gasteiger partial charge in [-0.1, -0.05) is 53.8 Å². The number of hydrogen-bond acceptors (Lipinski definition) is 7. The van der Waals surface area contributed by atoms with Crippen molar-refractivity contribution in [3.8, 4) is 6.07 Å². The summed E-state index contributed by atoms with van der Waals surface area (Å²) in [5.41, 5.74) is 1.82. The summed E-state index contributed by atoms with van der Waals surface area (Å²) in [6.07, 6.45) is 1.77. The third kappa shape index (κ3) is 4.51. The minimum Gasteiger partial charge on any atom is -0.355 e. The Morgan fingerprint density at radius 1 is 1.18 bits per heavy atom. The maximum absolute atomic E-state index is 13.3. The van der Waals surface area contributed by atoms with Crippen LogP contribution in [0.2, 0.25) is 5.02 Å². The topological polar surface area (TPSA) is 72.6 Å². The Balaban J connectivity index is 1.77. The van der Waals surface area contributed by atoms with Crippen molar-refractivity contribution in [1.29, 1.82) is 5.26 Å². The number of piperazine rings is 1. The smallest absolute Gasteiger partial charge is 0.270 e. The van der Waals surface area contributed by atoms with Gasteiger partial charge < -0.3 is 9.80 Å². The van der Waals surface area contributed by atoms with Gasteiger partial charge in [-0.3, -0.25) is 19.1 Å². The van der Waals surface area contributed by atoms with Gasteiger partial charge in [-0.05, 0) is 37.2 Å². The number of thioether (sulfide) groups is 1. The van der Waals surface area contributed by atoms with Gasteiger partial charge in [-0.25, -0.2) is 0 Å². The zero-order valence-corrected chi connectivity index (χ0v) is 21.6. The fourth-order valence-corrected chi connectivity index (χ4v) is 5.61. The van der Waals surface area contributed by atoms with Crippen LogP contribution < -0.4 is 10.5 Å². The molecule has 7 nitrogen and oxygen atoms in total. The highest BCUT2D eigenvalue weighted by atomic mass is 35.5. The number of likely N-dealkylation sites (N-methyl/N-ethyl adjacent to an activating group) is 1. The van der Waals surface area contributed by atoms with Crippen molar-refractivity contribution in [1.82, 2.24) is 14.4 Å². The summed E-state index contributed by atoms with van der Waals surface area (Å²) in [7, 11) is 3.74. The van der Waals surface area contributed by atoms with Gasteiger partial charge in [-0.15, -0.1) is 0 Å².